The van der Waals surface area contributed by atoms with Gasteiger partial charge in [-0.1, -0.05) is 73.8 Å². The lowest BCUT2D eigenvalue weighted by atomic mass is 9.73. The molecule has 220 valence electrons. The third-order valence-electron chi connectivity index (χ3n) is 7.71. The van der Waals surface area contributed by atoms with E-state index in [0.29, 0.717) is 58.7 Å². The Morgan fingerprint density at radius 1 is 0.805 bits per heavy atom. The van der Waals surface area contributed by atoms with Crippen molar-refractivity contribution in [2.75, 3.05) is 0 Å². The summed E-state index contributed by atoms with van der Waals surface area (Å²) in [6, 6.07) is 12.8. The quantitative estimate of drug-likeness (QED) is 0.165. The van der Waals surface area contributed by atoms with Gasteiger partial charge in [0.1, 0.15) is 24.6 Å². The van der Waals surface area contributed by atoms with E-state index in [0.717, 1.165) is 18.4 Å². The standard InChI is InChI=1S/C30H37Cl3N6O2/c1-28(2,3)30(41,15-13-22-7-9-23(31)10-8-22)18-39-21-35-27(37-39)6-4-5-14-29(40,17-38-20-34-19-36-38)25-12-11-24(32)16-26(25)33/h7-12,16,19-21,40-41H,4-6,13-15,17-18H2,1-3H3. The largest absolute Gasteiger partial charge is 0.387 e. The van der Waals surface area contributed by atoms with E-state index in [2.05, 4.69) is 20.2 Å². The lowest BCUT2D eigenvalue weighted by Crippen LogP contribution is -2.47. The van der Waals surface area contributed by atoms with Gasteiger partial charge in [-0.25, -0.2) is 19.3 Å². The van der Waals surface area contributed by atoms with Crippen molar-refractivity contribution in [2.45, 2.75) is 83.6 Å². The Labute approximate surface area is 256 Å². The Morgan fingerprint density at radius 2 is 1.54 bits per heavy atom. The van der Waals surface area contributed by atoms with Crippen molar-refractivity contribution in [3.05, 3.63) is 93.5 Å². The van der Waals surface area contributed by atoms with Gasteiger partial charge in [0.15, 0.2) is 5.82 Å². The van der Waals surface area contributed by atoms with Crippen molar-refractivity contribution >= 4 is 34.8 Å². The predicted octanol–water partition coefficient (Wildman–Crippen LogP) is 6.54. The smallest absolute Gasteiger partial charge is 0.150 e. The SMILES string of the molecule is CC(C)(C)C(O)(CCc1ccc(Cl)cc1)Cn1cnc(CCCCC(O)(Cn2cncn2)c2ccc(Cl)cc2Cl)n1. The summed E-state index contributed by atoms with van der Waals surface area (Å²) in [6.45, 7) is 6.67. The molecule has 0 saturated heterocycles. The Kier molecular flexibility index (Phi) is 10.1. The van der Waals surface area contributed by atoms with Crippen LogP contribution in [0.4, 0.5) is 0 Å². The van der Waals surface area contributed by atoms with E-state index in [1.807, 2.05) is 45.0 Å². The van der Waals surface area contributed by atoms with Gasteiger partial charge in [0.25, 0.3) is 0 Å². The molecule has 11 heteroatoms. The summed E-state index contributed by atoms with van der Waals surface area (Å²) >= 11 is 18.6. The van der Waals surface area contributed by atoms with Crippen molar-refractivity contribution in [2.24, 2.45) is 5.41 Å². The minimum absolute atomic E-state index is 0.211. The van der Waals surface area contributed by atoms with Gasteiger partial charge in [-0.3, -0.25) is 0 Å². The van der Waals surface area contributed by atoms with Crippen molar-refractivity contribution in [3.63, 3.8) is 0 Å². The van der Waals surface area contributed by atoms with Crippen molar-refractivity contribution in [3.8, 4) is 0 Å². The number of aromatic nitrogens is 6. The average Bonchev–Trinajstić information content (AvgIpc) is 3.57. The van der Waals surface area contributed by atoms with Crippen LogP contribution < -0.4 is 0 Å². The first kappa shape index (κ1) is 31.4. The molecule has 4 rings (SSSR count). The molecule has 0 fully saturated rings. The van der Waals surface area contributed by atoms with Crippen LogP contribution in [-0.2, 0) is 31.5 Å². The van der Waals surface area contributed by atoms with Crippen molar-refractivity contribution in [1.82, 2.24) is 29.5 Å². The molecule has 2 unspecified atom stereocenters. The predicted molar refractivity (Wildman–Crippen MR) is 162 cm³/mol. The second-order valence-corrected chi connectivity index (χ2v) is 13.0. The van der Waals surface area contributed by atoms with Crippen LogP contribution in [0.5, 0.6) is 0 Å². The van der Waals surface area contributed by atoms with Gasteiger partial charge in [0.05, 0.1) is 18.7 Å². The molecule has 0 spiro atoms. The highest BCUT2D eigenvalue weighted by atomic mass is 35.5. The molecule has 2 heterocycles. The first-order valence-electron chi connectivity index (χ1n) is 13.7. The fourth-order valence-corrected chi connectivity index (χ4v) is 5.64. The van der Waals surface area contributed by atoms with Gasteiger partial charge in [-0.2, -0.15) is 10.2 Å². The number of rotatable bonds is 13. The summed E-state index contributed by atoms with van der Waals surface area (Å²) in [4.78, 5) is 8.48. The van der Waals surface area contributed by atoms with Crippen LogP contribution in [0.3, 0.4) is 0 Å². The number of hydrogen-bond acceptors (Lipinski definition) is 6. The molecule has 2 N–H and O–H groups in total. The highest BCUT2D eigenvalue weighted by Crippen LogP contribution is 2.37. The monoisotopic (exact) mass is 618 g/mol. The molecule has 0 amide bonds. The summed E-state index contributed by atoms with van der Waals surface area (Å²) < 4.78 is 3.33. The first-order valence-corrected chi connectivity index (χ1v) is 14.9. The van der Waals surface area contributed by atoms with Crippen LogP contribution in [-0.4, -0.2) is 45.3 Å². The Hall–Kier alpha value is -2.49. The Balaban J connectivity index is 1.37. The summed E-state index contributed by atoms with van der Waals surface area (Å²) in [5, 5.41) is 33.8. The molecule has 0 aliphatic heterocycles. The van der Waals surface area contributed by atoms with Crippen LogP contribution >= 0.6 is 34.8 Å². The van der Waals surface area contributed by atoms with E-state index in [4.69, 9.17) is 34.8 Å². The molecule has 4 aromatic rings. The number of benzene rings is 2. The highest BCUT2D eigenvalue weighted by molar-refractivity contribution is 6.35. The minimum atomic E-state index is -1.25. The van der Waals surface area contributed by atoms with Crippen LogP contribution in [0.2, 0.25) is 15.1 Å². The number of nitrogens with zero attached hydrogens (tertiary/aromatic N) is 6. The molecule has 8 nitrogen and oxygen atoms in total. The van der Waals surface area contributed by atoms with E-state index in [1.54, 1.807) is 40.2 Å². The van der Waals surface area contributed by atoms with Gasteiger partial charge in [-0.05, 0) is 67.3 Å². The number of halogens is 3. The number of hydrogen-bond donors (Lipinski definition) is 2. The van der Waals surface area contributed by atoms with Gasteiger partial charge in [-0.15, -0.1) is 0 Å². The fourth-order valence-electron chi connectivity index (χ4n) is 4.93. The van der Waals surface area contributed by atoms with Crippen LogP contribution in [0.1, 0.15) is 63.4 Å². The molecule has 2 atom stereocenters. The van der Waals surface area contributed by atoms with Crippen LogP contribution in [0, 0.1) is 5.41 Å². The van der Waals surface area contributed by atoms with E-state index < -0.39 is 11.2 Å². The summed E-state index contributed by atoms with van der Waals surface area (Å²) in [5.74, 6) is 0.698. The van der Waals surface area contributed by atoms with E-state index in [-0.39, 0.29) is 12.0 Å². The average molecular weight is 620 g/mol. The number of unbranched alkanes of at least 4 members (excludes halogenated alkanes) is 1. The zero-order valence-corrected chi connectivity index (χ0v) is 25.9. The van der Waals surface area contributed by atoms with Gasteiger partial charge in [0.2, 0.25) is 0 Å². The zero-order valence-electron chi connectivity index (χ0n) is 23.6. The maximum absolute atomic E-state index is 11.7. The van der Waals surface area contributed by atoms with E-state index >= 15 is 0 Å². The maximum Gasteiger partial charge on any atom is 0.150 e. The van der Waals surface area contributed by atoms with Gasteiger partial charge >= 0.3 is 0 Å². The summed E-state index contributed by atoms with van der Waals surface area (Å²) in [7, 11) is 0. The summed E-state index contributed by atoms with van der Waals surface area (Å²) in [6.07, 6.45) is 8.53. The third kappa shape index (κ3) is 8.30. The van der Waals surface area contributed by atoms with Crippen LogP contribution in [0.25, 0.3) is 0 Å². The van der Waals surface area contributed by atoms with Crippen molar-refractivity contribution in [1.29, 1.82) is 0 Å². The van der Waals surface area contributed by atoms with Gasteiger partial charge < -0.3 is 10.2 Å². The molecule has 0 radical (unpaired) electrons. The third-order valence-corrected chi connectivity index (χ3v) is 8.51. The maximum atomic E-state index is 11.7. The van der Waals surface area contributed by atoms with Crippen LogP contribution in [0.15, 0.2) is 61.4 Å². The lowest BCUT2D eigenvalue weighted by Gasteiger charge is -2.40. The Bertz CT molecular complexity index is 1400. The summed E-state index contributed by atoms with van der Waals surface area (Å²) in [5.41, 5.74) is -0.896. The molecule has 2 aromatic heterocycles. The number of aryl methyl sites for hydroxylation is 2. The molecular weight excluding hydrogens is 583 g/mol. The topological polar surface area (TPSA) is 102 Å². The normalized spacial score (nSPS) is 15.0. The second-order valence-electron chi connectivity index (χ2n) is 11.7. The molecule has 0 saturated carbocycles. The zero-order chi connectivity index (χ0) is 29.7. The van der Waals surface area contributed by atoms with E-state index in [1.165, 1.54) is 6.33 Å². The van der Waals surface area contributed by atoms with E-state index in [9.17, 15) is 10.2 Å². The fraction of sp³-hybridized carbons (Fsp3) is 0.467. The molecular formula is C30H37Cl3N6O2. The molecule has 0 aliphatic carbocycles. The molecule has 0 bridgehead atoms. The second kappa shape index (κ2) is 13.2. The first-order chi connectivity index (χ1) is 19.4. The van der Waals surface area contributed by atoms with Gasteiger partial charge in [0, 0.05) is 27.1 Å². The highest BCUT2D eigenvalue weighted by Gasteiger charge is 2.40. The molecule has 0 aliphatic rings. The molecule has 2 aromatic carbocycles. The Morgan fingerprint density at radius 3 is 2.20 bits per heavy atom. The number of aliphatic hydroxyl groups is 2. The minimum Gasteiger partial charge on any atom is -0.387 e. The molecule has 41 heavy (non-hydrogen) atoms. The van der Waals surface area contributed by atoms with Crippen molar-refractivity contribution < 1.29 is 10.2 Å². The lowest BCUT2D eigenvalue weighted by molar-refractivity contribution is -0.0796.